The zero-order chi connectivity index (χ0) is 15.1. The number of carbonyl (C=O) groups excluding carboxylic acids is 1. The highest BCUT2D eigenvalue weighted by molar-refractivity contribution is 5.76. The molecule has 1 amide bonds. The first-order chi connectivity index (χ1) is 10.1. The highest BCUT2D eigenvalue weighted by Crippen LogP contribution is 2.19. The van der Waals surface area contributed by atoms with Crippen LogP contribution >= 0.6 is 0 Å². The summed E-state index contributed by atoms with van der Waals surface area (Å²) in [5.41, 5.74) is 0. The lowest BCUT2D eigenvalue weighted by molar-refractivity contribution is -0.149. The van der Waals surface area contributed by atoms with Crippen LogP contribution in [0.15, 0.2) is 30.3 Å². The third kappa shape index (κ3) is 5.07. The summed E-state index contributed by atoms with van der Waals surface area (Å²) in [7, 11) is 0. The number of rotatable bonds is 7. The molecular weight excluding hydrogens is 274 g/mol. The summed E-state index contributed by atoms with van der Waals surface area (Å²) in [6.45, 7) is 0.646. The fraction of sp³-hybridized carbons (Fsp3) is 0.467. The van der Waals surface area contributed by atoms with E-state index < -0.39 is 12.1 Å². The molecule has 1 aromatic rings. The number of nitrogens with one attached hydrogen (secondary N) is 1. The molecule has 1 aromatic carbocycles. The van der Waals surface area contributed by atoms with E-state index in [-0.39, 0.29) is 18.4 Å². The van der Waals surface area contributed by atoms with E-state index in [1.54, 1.807) is 0 Å². The molecule has 1 saturated heterocycles. The van der Waals surface area contributed by atoms with Crippen LogP contribution in [0.2, 0.25) is 0 Å². The summed E-state index contributed by atoms with van der Waals surface area (Å²) < 4.78 is 10.7. The molecule has 0 saturated carbocycles. The number of ether oxygens (including phenoxy) is 2. The van der Waals surface area contributed by atoms with E-state index in [1.165, 1.54) is 0 Å². The van der Waals surface area contributed by atoms with Gasteiger partial charge in [0.05, 0.1) is 19.1 Å². The van der Waals surface area contributed by atoms with Gasteiger partial charge in [-0.1, -0.05) is 18.2 Å². The van der Waals surface area contributed by atoms with Crippen LogP contribution in [-0.4, -0.2) is 42.3 Å². The van der Waals surface area contributed by atoms with Gasteiger partial charge in [-0.3, -0.25) is 4.79 Å². The van der Waals surface area contributed by atoms with Crippen LogP contribution in [0.1, 0.15) is 19.3 Å². The summed E-state index contributed by atoms with van der Waals surface area (Å²) in [6, 6.07) is 9.29. The van der Waals surface area contributed by atoms with Gasteiger partial charge in [0.1, 0.15) is 5.75 Å². The summed E-state index contributed by atoms with van der Waals surface area (Å²) in [5, 5.41) is 11.5. The van der Waals surface area contributed by atoms with Gasteiger partial charge >= 0.3 is 5.97 Å². The number of amides is 1. The molecule has 114 valence electrons. The summed E-state index contributed by atoms with van der Waals surface area (Å²) in [5.74, 6) is -0.345. The number of carboxylic acids is 1. The zero-order valence-corrected chi connectivity index (χ0v) is 11.7. The molecule has 0 aliphatic carbocycles. The van der Waals surface area contributed by atoms with Crippen LogP contribution in [0, 0.1) is 0 Å². The van der Waals surface area contributed by atoms with Gasteiger partial charge in [0.15, 0.2) is 6.10 Å². The Morgan fingerprint density at radius 3 is 2.71 bits per heavy atom. The first-order valence-corrected chi connectivity index (χ1v) is 6.98. The van der Waals surface area contributed by atoms with Gasteiger partial charge < -0.3 is 19.9 Å². The molecule has 2 rings (SSSR count). The summed E-state index contributed by atoms with van der Waals surface area (Å²) >= 11 is 0. The monoisotopic (exact) mass is 293 g/mol. The number of hydrogen-bond acceptors (Lipinski definition) is 4. The molecule has 1 aliphatic rings. The van der Waals surface area contributed by atoms with Crippen molar-refractivity contribution in [2.45, 2.75) is 31.5 Å². The third-order valence-electron chi connectivity index (χ3n) is 3.25. The van der Waals surface area contributed by atoms with E-state index in [1.807, 2.05) is 30.3 Å². The number of carboxylic acid groups (broad SMARTS) is 1. The SMILES string of the molecule is O=C(CCOc1ccccc1)NCC1CCC(C(=O)O)O1. The Hall–Kier alpha value is -2.08. The fourth-order valence-electron chi connectivity index (χ4n) is 2.13. The van der Waals surface area contributed by atoms with Crippen molar-refractivity contribution in [1.82, 2.24) is 5.32 Å². The van der Waals surface area contributed by atoms with Crippen molar-refractivity contribution in [1.29, 1.82) is 0 Å². The Kier molecular flexibility index (Phi) is 5.57. The number of hydrogen-bond donors (Lipinski definition) is 2. The maximum Gasteiger partial charge on any atom is 0.332 e. The predicted molar refractivity (Wildman–Crippen MR) is 75.1 cm³/mol. The van der Waals surface area contributed by atoms with E-state index in [2.05, 4.69) is 5.32 Å². The van der Waals surface area contributed by atoms with Gasteiger partial charge in [0.2, 0.25) is 5.91 Å². The third-order valence-corrected chi connectivity index (χ3v) is 3.25. The Morgan fingerprint density at radius 2 is 2.05 bits per heavy atom. The second-order valence-corrected chi connectivity index (χ2v) is 4.88. The van der Waals surface area contributed by atoms with Crippen LogP contribution < -0.4 is 10.1 Å². The fourth-order valence-corrected chi connectivity index (χ4v) is 2.13. The van der Waals surface area contributed by atoms with Crippen LogP contribution in [0.5, 0.6) is 5.75 Å². The van der Waals surface area contributed by atoms with Crippen molar-refractivity contribution in [3.63, 3.8) is 0 Å². The van der Waals surface area contributed by atoms with Crippen molar-refractivity contribution in [2.75, 3.05) is 13.2 Å². The Balaban J connectivity index is 1.59. The van der Waals surface area contributed by atoms with Crippen LogP contribution in [0.4, 0.5) is 0 Å². The molecule has 0 bridgehead atoms. The number of carbonyl (C=O) groups is 2. The van der Waals surface area contributed by atoms with Gasteiger partial charge in [0.25, 0.3) is 0 Å². The topological polar surface area (TPSA) is 84.9 Å². The average molecular weight is 293 g/mol. The summed E-state index contributed by atoms with van der Waals surface area (Å²) in [6.07, 6.45) is 0.438. The number of para-hydroxylation sites is 1. The van der Waals surface area contributed by atoms with E-state index in [4.69, 9.17) is 14.6 Å². The van der Waals surface area contributed by atoms with Gasteiger partial charge in [-0.05, 0) is 25.0 Å². The van der Waals surface area contributed by atoms with Crippen molar-refractivity contribution in [3.05, 3.63) is 30.3 Å². The lowest BCUT2D eigenvalue weighted by Gasteiger charge is -2.12. The lowest BCUT2D eigenvalue weighted by atomic mass is 10.2. The van der Waals surface area contributed by atoms with E-state index in [0.29, 0.717) is 26.0 Å². The maximum atomic E-state index is 11.6. The van der Waals surface area contributed by atoms with Gasteiger partial charge in [-0.2, -0.15) is 0 Å². The molecule has 1 fully saturated rings. The van der Waals surface area contributed by atoms with Crippen molar-refractivity contribution in [3.8, 4) is 5.75 Å². The van der Waals surface area contributed by atoms with Crippen LogP contribution in [0.3, 0.4) is 0 Å². The minimum absolute atomic E-state index is 0.131. The second kappa shape index (κ2) is 7.64. The number of aliphatic carboxylic acids is 1. The number of benzene rings is 1. The molecule has 2 unspecified atom stereocenters. The molecule has 0 aromatic heterocycles. The minimum atomic E-state index is -0.944. The molecular formula is C15H19NO5. The molecule has 21 heavy (non-hydrogen) atoms. The van der Waals surface area contributed by atoms with E-state index in [9.17, 15) is 9.59 Å². The first-order valence-electron chi connectivity index (χ1n) is 6.98. The Labute approximate surface area is 123 Å². The highest BCUT2D eigenvalue weighted by atomic mass is 16.5. The lowest BCUT2D eigenvalue weighted by Crippen LogP contribution is -2.33. The molecule has 0 radical (unpaired) electrons. The van der Waals surface area contributed by atoms with Gasteiger partial charge in [-0.25, -0.2) is 4.79 Å². The largest absolute Gasteiger partial charge is 0.493 e. The first kappa shape index (κ1) is 15.3. The molecule has 2 N–H and O–H groups in total. The molecule has 6 nitrogen and oxygen atoms in total. The maximum absolute atomic E-state index is 11.6. The predicted octanol–water partition coefficient (Wildman–Crippen LogP) is 1.20. The van der Waals surface area contributed by atoms with Gasteiger partial charge in [-0.15, -0.1) is 0 Å². The Bertz CT molecular complexity index is 476. The minimum Gasteiger partial charge on any atom is -0.493 e. The standard InChI is InChI=1S/C15H19NO5/c17-14(8-9-20-11-4-2-1-3-5-11)16-10-12-6-7-13(21-12)15(18)19/h1-5,12-13H,6-10H2,(H,16,17)(H,18,19). The van der Waals surface area contributed by atoms with Crippen molar-refractivity contribution in [2.24, 2.45) is 0 Å². The van der Waals surface area contributed by atoms with Crippen molar-refractivity contribution >= 4 is 11.9 Å². The second-order valence-electron chi connectivity index (χ2n) is 4.88. The smallest absolute Gasteiger partial charge is 0.332 e. The molecule has 1 aliphatic heterocycles. The van der Waals surface area contributed by atoms with Crippen molar-refractivity contribution < 1.29 is 24.2 Å². The van der Waals surface area contributed by atoms with E-state index >= 15 is 0 Å². The van der Waals surface area contributed by atoms with E-state index in [0.717, 1.165) is 5.75 Å². The Morgan fingerprint density at radius 1 is 1.29 bits per heavy atom. The average Bonchev–Trinajstić information content (AvgIpc) is 2.95. The quantitative estimate of drug-likeness (QED) is 0.789. The van der Waals surface area contributed by atoms with Crippen LogP contribution in [-0.2, 0) is 14.3 Å². The summed E-state index contributed by atoms with van der Waals surface area (Å²) in [4.78, 5) is 22.4. The zero-order valence-electron chi connectivity index (χ0n) is 11.7. The molecule has 6 heteroatoms. The molecule has 2 atom stereocenters. The highest BCUT2D eigenvalue weighted by Gasteiger charge is 2.30. The van der Waals surface area contributed by atoms with Gasteiger partial charge in [0, 0.05) is 6.54 Å². The molecule has 0 spiro atoms. The normalized spacial score (nSPS) is 21.0. The van der Waals surface area contributed by atoms with Crippen LogP contribution in [0.25, 0.3) is 0 Å². The molecule has 1 heterocycles.